The van der Waals surface area contributed by atoms with E-state index in [1.165, 1.54) is 25.3 Å². The second-order valence-corrected chi connectivity index (χ2v) is 6.75. The maximum Gasteiger partial charge on any atom is 0.335 e. The Labute approximate surface area is 117 Å². The lowest BCUT2D eigenvalue weighted by molar-refractivity contribution is 0.0696. The quantitative estimate of drug-likeness (QED) is 0.862. The fourth-order valence-electron chi connectivity index (χ4n) is 2.23. The lowest BCUT2D eigenvalue weighted by atomic mass is 10.1. The van der Waals surface area contributed by atoms with Crippen LogP contribution in [-0.4, -0.2) is 31.9 Å². The lowest BCUT2D eigenvalue weighted by Gasteiger charge is -2.19. The minimum Gasteiger partial charge on any atom is -0.495 e. The summed E-state index contributed by atoms with van der Waals surface area (Å²) in [6, 6.07) is 3.87. The van der Waals surface area contributed by atoms with Gasteiger partial charge in [-0.1, -0.05) is 12.2 Å². The van der Waals surface area contributed by atoms with E-state index in [0.717, 1.165) is 12.8 Å². The Morgan fingerprint density at radius 2 is 2.15 bits per heavy atom. The molecule has 1 unspecified atom stereocenters. The van der Waals surface area contributed by atoms with Crippen LogP contribution in [-0.2, 0) is 9.84 Å². The van der Waals surface area contributed by atoms with Gasteiger partial charge in [0, 0.05) is 0 Å². The molecule has 2 rings (SSSR count). The molecule has 0 saturated carbocycles. The summed E-state index contributed by atoms with van der Waals surface area (Å²) in [5.41, 5.74) is -0.0656. The van der Waals surface area contributed by atoms with Gasteiger partial charge in [0.05, 0.1) is 17.9 Å². The van der Waals surface area contributed by atoms with Gasteiger partial charge in [-0.15, -0.1) is 0 Å². The highest BCUT2D eigenvalue weighted by atomic mass is 32.2. The highest BCUT2D eigenvalue weighted by molar-refractivity contribution is 7.92. The number of allylic oxidation sites excluding steroid dienone is 1. The second-order valence-electron chi connectivity index (χ2n) is 4.61. The third-order valence-corrected chi connectivity index (χ3v) is 5.45. The molecule has 0 spiro atoms. The molecular formula is C14H16O5S. The molecule has 1 atom stereocenters. The number of benzene rings is 1. The molecule has 5 nitrogen and oxygen atoms in total. The molecule has 0 heterocycles. The Balaban J connectivity index is 2.54. The van der Waals surface area contributed by atoms with E-state index in [4.69, 9.17) is 9.84 Å². The van der Waals surface area contributed by atoms with E-state index in [2.05, 4.69) is 0 Å². The van der Waals surface area contributed by atoms with Gasteiger partial charge in [0.2, 0.25) is 0 Å². The van der Waals surface area contributed by atoms with Gasteiger partial charge < -0.3 is 9.84 Å². The molecule has 0 aliphatic heterocycles. The van der Waals surface area contributed by atoms with E-state index in [1.807, 2.05) is 6.08 Å². The molecule has 0 fully saturated rings. The van der Waals surface area contributed by atoms with Gasteiger partial charge in [-0.05, 0) is 37.5 Å². The molecule has 1 aliphatic rings. The zero-order valence-corrected chi connectivity index (χ0v) is 11.9. The average molecular weight is 296 g/mol. The molecule has 1 N–H and O–H groups in total. The maximum absolute atomic E-state index is 12.6. The third kappa shape index (κ3) is 2.70. The first-order valence-corrected chi connectivity index (χ1v) is 7.83. The smallest absolute Gasteiger partial charge is 0.335 e. The van der Waals surface area contributed by atoms with Crippen LogP contribution < -0.4 is 4.74 Å². The van der Waals surface area contributed by atoms with Gasteiger partial charge in [0.1, 0.15) is 10.6 Å². The first-order chi connectivity index (χ1) is 9.46. The first-order valence-electron chi connectivity index (χ1n) is 6.28. The summed E-state index contributed by atoms with van der Waals surface area (Å²) in [6.45, 7) is 0. The number of ether oxygens (including phenoxy) is 1. The topological polar surface area (TPSA) is 80.7 Å². The van der Waals surface area contributed by atoms with Crippen LogP contribution in [0.1, 0.15) is 29.6 Å². The van der Waals surface area contributed by atoms with Gasteiger partial charge in [-0.2, -0.15) is 0 Å². The van der Waals surface area contributed by atoms with E-state index in [-0.39, 0.29) is 16.2 Å². The van der Waals surface area contributed by atoms with Crippen LogP contribution in [0, 0.1) is 0 Å². The van der Waals surface area contributed by atoms with Gasteiger partial charge in [-0.3, -0.25) is 0 Å². The summed E-state index contributed by atoms with van der Waals surface area (Å²) < 4.78 is 30.3. The predicted octanol–water partition coefficient (Wildman–Crippen LogP) is 2.28. The molecule has 0 saturated heterocycles. The molecule has 108 valence electrons. The molecule has 0 radical (unpaired) electrons. The van der Waals surface area contributed by atoms with Crippen LogP contribution in [0.15, 0.2) is 35.2 Å². The fourth-order valence-corrected chi connectivity index (χ4v) is 4.08. The van der Waals surface area contributed by atoms with Crippen molar-refractivity contribution < 1.29 is 23.1 Å². The summed E-state index contributed by atoms with van der Waals surface area (Å²) >= 11 is 0. The monoisotopic (exact) mass is 296 g/mol. The van der Waals surface area contributed by atoms with Crippen molar-refractivity contribution in [1.29, 1.82) is 0 Å². The predicted molar refractivity (Wildman–Crippen MR) is 73.9 cm³/mol. The molecule has 1 aromatic carbocycles. The van der Waals surface area contributed by atoms with Crippen molar-refractivity contribution in [1.82, 2.24) is 0 Å². The zero-order valence-electron chi connectivity index (χ0n) is 11.1. The largest absolute Gasteiger partial charge is 0.495 e. The van der Waals surface area contributed by atoms with Gasteiger partial charge in [0.25, 0.3) is 0 Å². The molecule has 0 bridgehead atoms. The summed E-state index contributed by atoms with van der Waals surface area (Å²) in [6.07, 6.45) is 5.74. The summed E-state index contributed by atoms with van der Waals surface area (Å²) in [4.78, 5) is 10.9. The number of hydrogen-bond acceptors (Lipinski definition) is 4. The summed E-state index contributed by atoms with van der Waals surface area (Å²) in [5, 5.41) is 8.38. The Bertz CT molecular complexity index is 646. The standard InChI is InChI=1S/C14H16O5S/c1-19-12-8-7-10(14(15)16)9-13(12)20(17,18)11-5-3-2-4-6-11/h3,5,7-9,11H,2,4,6H2,1H3,(H,15,16). The minimum absolute atomic E-state index is 0.0588. The summed E-state index contributed by atoms with van der Waals surface area (Å²) in [7, 11) is -2.27. The maximum atomic E-state index is 12.6. The van der Waals surface area contributed by atoms with E-state index in [9.17, 15) is 13.2 Å². The van der Waals surface area contributed by atoms with Gasteiger partial charge in [0.15, 0.2) is 9.84 Å². The molecule has 0 aromatic heterocycles. The summed E-state index contributed by atoms with van der Waals surface area (Å²) in [5.74, 6) is -0.989. The number of carboxylic acids is 1. The molecule has 20 heavy (non-hydrogen) atoms. The zero-order chi connectivity index (χ0) is 14.8. The highest BCUT2D eigenvalue weighted by Crippen LogP contribution is 2.31. The van der Waals surface area contributed by atoms with Crippen molar-refractivity contribution in [2.45, 2.75) is 29.4 Å². The van der Waals surface area contributed by atoms with Crippen LogP contribution >= 0.6 is 0 Å². The normalized spacial score (nSPS) is 18.8. The van der Waals surface area contributed by atoms with Gasteiger partial charge in [-0.25, -0.2) is 13.2 Å². The van der Waals surface area contributed by atoms with E-state index < -0.39 is 21.1 Å². The Kier molecular flexibility index (Phi) is 4.13. The molecular weight excluding hydrogens is 280 g/mol. The first kappa shape index (κ1) is 14.6. The number of hydrogen-bond donors (Lipinski definition) is 1. The van der Waals surface area contributed by atoms with Crippen molar-refractivity contribution in [2.75, 3.05) is 7.11 Å². The number of carboxylic acid groups (broad SMARTS) is 1. The van der Waals surface area contributed by atoms with E-state index in [1.54, 1.807) is 6.08 Å². The minimum atomic E-state index is -3.64. The Hall–Kier alpha value is -1.82. The Morgan fingerprint density at radius 3 is 2.70 bits per heavy atom. The van der Waals surface area contributed by atoms with E-state index >= 15 is 0 Å². The van der Waals surface area contributed by atoms with Crippen LogP contribution in [0.5, 0.6) is 5.75 Å². The van der Waals surface area contributed by atoms with Crippen molar-refractivity contribution in [3.63, 3.8) is 0 Å². The Morgan fingerprint density at radius 1 is 1.40 bits per heavy atom. The van der Waals surface area contributed by atoms with E-state index in [0.29, 0.717) is 6.42 Å². The molecule has 6 heteroatoms. The number of carbonyl (C=O) groups is 1. The van der Waals surface area contributed by atoms with Crippen LogP contribution in [0.3, 0.4) is 0 Å². The number of methoxy groups -OCH3 is 1. The average Bonchev–Trinajstić information content (AvgIpc) is 2.47. The lowest BCUT2D eigenvalue weighted by Crippen LogP contribution is -2.22. The third-order valence-electron chi connectivity index (χ3n) is 3.33. The number of aromatic carboxylic acids is 1. The molecule has 0 amide bonds. The van der Waals surface area contributed by atoms with Crippen molar-refractivity contribution in [2.24, 2.45) is 0 Å². The van der Waals surface area contributed by atoms with Crippen LogP contribution in [0.2, 0.25) is 0 Å². The van der Waals surface area contributed by atoms with Crippen molar-refractivity contribution in [3.8, 4) is 5.75 Å². The van der Waals surface area contributed by atoms with Crippen LogP contribution in [0.4, 0.5) is 0 Å². The molecule has 1 aliphatic carbocycles. The second kappa shape index (κ2) is 5.66. The fraction of sp³-hybridized carbons (Fsp3) is 0.357. The SMILES string of the molecule is COc1ccc(C(=O)O)cc1S(=O)(=O)C1C=CCCC1. The van der Waals surface area contributed by atoms with Crippen molar-refractivity contribution >= 4 is 15.8 Å². The number of sulfone groups is 1. The highest BCUT2D eigenvalue weighted by Gasteiger charge is 2.30. The van der Waals surface area contributed by atoms with Gasteiger partial charge >= 0.3 is 5.97 Å². The van der Waals surface area contributed by atoms with Crippen molar-refractivity contribution in [3.05, 3.63) is 35.9 Å². The number of rotatable bonds is 4. The van der Waals surface area contributed by atoms with Crippen LogP contribution in [0.25, 0.3) is 0 Å². The molecule has 1 aromatic rings.